The Morgan fingerprint density at radius 1 is 0.893 bits per heavy atom. The summed E-state index contributed by atoms with van der Waals surface area (Å²) in [6.45, 7) is 7.58. The second-order valence-corrected chi connectivity index (χ2v) is 9.56. The van der Waals surface area contributed by atoms with Crippen LogP contribution in [-0.4, -0.2) is 30.3 Å². The van der Waals surface area contributed by atoms with Crippen LogP contribution in [0.25, 0.3) is 0 Å². The summed E-state index contributed by atoms with van der Waals surface area (Å²) < 4.78 is 43.9. The molecule has 28 heavy (non-hydrogen) atoms. The summed E-state index contributed by atoms with van der Waals surface area (Å²) in [5.41, 5.74) is -1.76. The van der Waals surface area contributed by atoms with E-state index in [1.807, 2.05) is 6.92 Å². The van der Waals surface area contributed by atoms with Crippen LogP contribution >= 0.6 is 0 Å². The molecular weight excluding hydrogens is 378 g/mol. The summed E-state index contributed by atoms with van der Waals surface area (Å²) in [7, 11) is -4.74. The van der Waals surface area contributed by atoms with E-state index in [9.17, 15) is 13.0 Å². The van der Waals surface area contributed by atoms with Crippen molar-refractivity contribution in [2.75, 3.05) is 0 Å². The molecule has 1 aliphatic rings. The Kier molecular flexibility index (Phi) is 13.1. The summed E-state index contributed by atoms with van der Waals surface area (Å²) in [5, 5.41) is 0. The maximum atomic E-state index is 11.1. The number of epoxide rings is 1. The first-order chi connectivity index (χ1) is 12.7. The Balaban J connectivity index is 0.00000729. The standard InChI is InChI=1S/C21H42O5S.H3N/c1-5-7-8-9-10-11-12-13-14-15-16-17-19-21(25-19,18-6-2)20(3,4)26-27(22,23)24;/h19H,5-18H2,1-4H3,(H,22,23,24);1H3. The zero-order valence-corrected chi connectivity index (χ0v) is 19.7. The van der Waals surface area contributed by atoms with E-state index >= 15 is 0 Å². The van der Waals surface area contributed by atoms with E-state index in [1.54, 1.807) is 13.8 Å². The van der Waals surface area contributed by atoms with Gasteiger partial charge in [0.25, 0.3) is 0 Å². The molecule has 6 nitrogen and oxygen atoms in total. The number of unbranched alkanes of at least 4 members (excludes halogenated alkanes) is 10. The molecule has 2 atom stereocenters. The maximum Gasteiger partial charge on any atom is 0.218 e. The number of hydrogen-bond donors (Lipinski definition) is 1. The fourth-order valence-corrected chi connectivity index (χ4v) is 4.90. The number of hydrogen-bond acceptors (Lipinski definition) is 5. The van der Waals surface area contributed by atoms with Gasteiger partial charge in [-0.25, -0.2) is 8.42 Å². The van der Waals surface area contributed by atoms with Crippen LogP contribution in [0.15, 0.2) is 0 Å². The molecule has 0 spiro atoms. The molecule has 1 heterocycles. The van der Waals surface area contributed by atoms with Crippen LogP contribution in [0.2, 0.25) is 0 Å². The molecule has 0 aliphatic carbocycles. The van der Waals surface area contributed by atoms with Crippen molar-refractivity contribution < 1.29 is 21.9 Å². The van der Waals surface area contributed by atoms with Crippen LogP contribution in [0.5, 0.6) is 0 Å². The third kappa shape index (κ3) is 9.53. The second kappa shape index (κ2) is 13.2. The summed E-state index contributed by atoms with van der Waals surface area (Å²) in [5.74, 6) is 0. The number of quaternary nitrogens is 1. The van der Waals surface area contributed by atoms with Gasteiger partial charge in [-0.2, -0.15) is 0 Å². The molecule has 0 saturated carbocycles. The Morgan fingerprint density at radius 3 is 1.79 bits per heavy atom. The highest BCUT2D eigenvalue weighted by atomic mass is 32.3. The lowest BCUT2D eigenvalue weighted by Crippen LogP contribution is -2.45. The molecule has 170 valence electrons. The zero-order valence-electron chi connectivity index (χ0n) is 18.9. The maximum absolute atomic E-state index is 11.1. The Morgan fingerprint density at radius 2 is 1.36 bits per heavy atom. The van der Waals surface area contributed by atoms with Crippen molar-refractivity contribution in [1.82, 2.24) is 6.15 Å². The van der Waals surface area contributed by atoms with Crippen LogP contribution in [0.4, 0.5) is 0 Å². The molecule has 0 amide bonds. The molecular formula is C21H45NO5S. The summed E-state index contributed by atoms with van der Waals surface area (Å²) >= 11 is 0. The number of rotatable bonds is 17. The molecule has 7 heteroatoms. The van der Waals surface area contributed by atoms with E-state index in [0.717, 1.165) is 19.3 Å². The van der Waals surface area contributed by atoms with Crippen LogP contribution in [0, 0.1) is 0 Å². The molecule has 0 aromatic rings. The lowest BCUT2D eigenvalue weighted by molar-refractivity contribution is 0.00826. The lowest BCUT2D eigenvalue weighted by Gasteiger charge is -2.33. The van der Waals surface area contributed by atoms with E-state index < -0.39 is 21.6 Å². The van der Waals surface area contributed by atoms with Gasteiger partial charge >= 0.3 is 0 Å². The Bertz CT molecular complexity index is 509. The van der Waals surface area contributed by atoms with Gasteiger partial charge in [0.2, 0.25) is 10.4 Å². The van der Waals surface area contributed by atoms with Crippen molar-refractivity contribution in [2.24, 2.45) is 0 Å². The molecule has 1 aliphatic heterocycles. The second-order valence-electron chi connectivity index (χ2n) is 8.57. The summed E-state index contributed by atoms with van der Waals surface area (Å²) in [6, 6.07) is 0. The molecule has 1 rings (SSSR count). The topological polar surface area (TPSA) is 115 Å². The van der Waals surface area contributed by atoms with E-state index in [-0.39, 0.29) is 12.3 Å². The zero-order chi connectivity index (χ0) is 20.4. The third-order valence-electron chi connectivity index (χ3n) is 5.84. The largest absolute Gasteiger partial charge is 0.726 e. The fraction of sp³-hybridized carbons (Fsp3) is 1.00. The first-order valence-electron chi connectivity index (χ1n) is 11.0. The summed E-state index contributed by atoms with van der Waals surface area (Å²) in [6.07, 6.45) is 16.7. The minimum Gasteiger partial charge on any atom is -0.726 e. The van der Waals surface area contributed by atoms with Crippen LogP contribution in [0.1, 0.15) is 118 Å². The molecule has 4 N–H and O–H groups in total. The normalized spacial score (nSPS) is 22.1. The predicted octanol–water partition coefficient (Wildman–Crippen LogP) is 6.26. The van der Waals surface area contributed by atoms with Crippen molar-refractivity contribution in [3.8, 4) is 0 Å². The van der Waals surface area contributed by atoms with Gasteiger partial charge in [-0.3, -0.25) is 4.18 Å². The van der Waals surface area contributed by atoms with E-state index in [0.29, 0.717) is 6.42 Å². The molecule has 0 aromatic carbocycles. The minimum atomic E-state index is -4.74. The molecule has 0 bridgehead atoms. The van der Waals surface area contributed by atoms with Crippen LogP contribution in [-0.2, 0) is 19.3 Å². The van der Waals surface area contributed by atoms with Crippen LogP contribution in [0.3, 0.4) is 0 Å². The highest BCUT2D eigenvalue weighted by Gasteiger charge is 2.65. The number of ether oxygens (including phenoxy) is 1. The van der Waals surface area contributed by atoms with E-state index in [2.05, 4.69) is 6.92 Å². The Labute approximate surface area is 173 Å². The van der Waals surface area contributed by atoms with Gasteiger partial charge in [-0.1, -0.05) is 90.9 Å². The van der Waals surface area contributed by atoms with Gasteiger partial charge < -0.3 is 15.4 Å². The lowest BCUT2D eigenvalue weighted by atomic mass is 9.82. The van der Waals surface area contributed by atoms with Crippen molar-refractivity contribution in [3.05, 3.63) is 0 Å². The molecule has 0 radical (unpaired) electrons. The van der Waals surface area contributed by atoms with Crippen molar-refractivity contribution in [1.29, 1.82) is 0 Å². The first kappa shape index (κ1) is 27.8. The Hall–Kier alpha value is -0.210. The van der Waals surface area contributed by atoms with E-state index in [1.165, 1.54) is 64.2 Å². The van der Waals surface area contributed by atoms with Gasteiger partial charge in [0.1, 0.15) is 11.2 Å². The SMILES string of the molecule is CCCCCCCCCCCCCC1OC1(CCC)C(C)(C)OS(=O)(=O)[O-].[NH4+]. The highest BCUT2D eigenvalue weighted by Crippen LogP contribution is 2.52. The minimum absolute atomic E-state index is 0. The van der Waals surface area contributed by atoms with Crippen molar-refractivity contribution in [3.63, 3.8) is 0 Å². The van der Waals surface area contributed by atoms with Crippen molar-refractivity contribution >= 4 is 10.4 Å². The average molecular weight is 424 g/mol. The van der Waals surface area contributed by atoms with Crippen LogP contribution < -0.4 is 6.15 Å². The molecule has 2 unspecified atom stereocenters. The van der Waals surface area contributed by atoms with Gasteiger partial charge in [0, 0.05) is 0 Å². The smallest absolute Gasteiger partial charge is 0.218 e. The highest BCUT2D eigenvalue weighted by molar-refractivity contribution is 7.80. The van der Waals surface area contributed by atoms with Gasteiger partial charge in [0.15, 0.2) is 0 Å². The quantitative estimate of drug-likeness (QED) is 0.128. The summed E-state index contributed by atoms with van der Waals surface area (Å²) in [4.78, 5) is 0. The van der Waals surface area contributed by atoms with E-state index in [4.69, 9.17) is 8.92 Å². The molecule has 1 saturated heterocycles. The molecule has 1 fully saturated rings. The fourth-order valence-electron chi connectivity index (χ4n) is 4.25. The predicted molar refractivity (Wildman–Crippen MR) is 114 cm³/mol. The van der Waals surface area contributed by atoms with Gasteiger partial charge in [-0.05, 0) is 26.7 Å². The average Bonchev–Trinajstić information content (AvgIpc) is 3.26. The van der Waals surface area contributed by atoms with Crippen molar-refractivity contribution in [2.45, 2.75) is 135 Å². The third-order valence-corrected chi connectivity index (χ3v) is 6.46. The first-order valence-corrected chi connectivity index (χ1v) is 12.4. The van der Waals surface area contributed by atoms with Gasteiger partial charge in [-0.15, -0.1) is 0 Å². The van der Waals surface area contributed by atoms with Gasteiger partial charge in [0.05, 0.1) is 6.10 Å². The molecule has 0 aromatic heterocycles. The monoisotopic (exact) mass is 423 g/mol.